The van der Waals surface area contributed by atoms with E-state index in [1.807, 2.05) is 75.7 Å². The summed E-state index contributed by atoms with van der Waals surface area (Å²) in [5.74, 6) is 1.27. The normalized spacial score (nSPS) is 20.4. The van der Waals surface area contributed by atoms with E-state index in [0.29, 0.717) is 53.0 Å². The van der Waals surface area contributed by atoms with Crippen molar-refractivity contribution in [2.45, 2.75) is 115 Å². The summed E-state index contributed by atoms with van der Waals surface area (Å²) in [6.07, 6.45) is 10.8. The highest BCUT2D eigenvalue weighted by atomic mass is 32.1. The largest absolute Gasteiger partial charge is 0.462 e. The van der Waals surface area contributed by atoms with Crippen LogP contribution in [0.4, 0.5) is 15.9 Å². The number of carbonyl (C=O) groups excluding carboxylic acids is 4. The molecule has 426 valence electrons. The number of nitrogens with one attached hydrogen (secondary N) is 4. The fourth-order valence-electron chi connectivity index (χ4n) is 11.7. The van der Waals surface area contributed by atoms with Gasteiger partial charge in [0.2, 0.25) is 23.6 Å². The summed E-state index contributed by atoms with van der Waals surface area (Å²) >= 11 is 1.57. The Balaban J connectivity index is 0.687. The Morgan fingerprint density at radius 2 is 1.78 bits per heavy atom. The molecular weight excluding hydrogens is 1050 g/mol. The van der Waals surface area contributed by atoms with Crippen LogP contribution in [0.5, 0.6) is 6.01 Å². The van der Waals surface area contributed by atoms with Gasteiger partial charge in [-0.3, -0.25) is 29.1 Å². The molecule has 2 unspecified atom stereocenters. The Bertz CT molecular complexity index is 3340. The number of hydrogen-bond donors (Lipinski definition) is 6. The molecule has 0 aliphatic carbocycles. The molecule has 4 aliphatic rings. The SMILES string of the molecule is C#Cc1cccc2cc(N)cc(-c3ncc4c(N5CC6CCC(C5)N6)nc(OC[C@@H]5CCCN5CCC(=O)NCCOCCC(=O)N[C@@H](C(=O)N5C[C@@H](O)C[C@@H]5C(=O)NCc5ccc(-c6scnc6C)cc5)C(C)(C)C)nc4c3F)c12. The number of piperazine rings is 1. The van der Waals surface area contributed by atoms with Crippen LogP contribution in [0.3, 0.4) is 0 Å². The van der Waals surface area contributed by atoms with E-state index in [4.69, 9.17) is 31.6 Å². The van der Waals surface area contributed by atoms with Gasteiger partial charge in [-0.05, 0) is 79.3 Å². The highest BCUT2D eigenvalue weighted by Gasteiger charge is 2.44. The van der Waals surface area contributed by atoms with Crippen LogP contribution >= 0.6 is 11.3 Å². The average molecular weight is 1120 g/mol. The minimum absolute atomic E-state index is 0.0287. The van der Waals surface area contributed by atoms with Crippen molar-refractivity contribution < 1.29 is 38.1 Å². The Labute approximate surface area is 475 Å². The number of nitrogens with two attached hydrogens (primary N) is 1. The number of nitrogen functional groups attached to an aromatic ring is 1. The topological polar surface area (TPSA) is 242 Å². The zero-order chi connectivity index (χ0) is 57.0. The number of aryl methyl sites for hydroxylation is 1. The molecule has 4 fully saturated rings. The number of β-amino-alcohol motifs (C(OH)–C–C–N with tert-alkyl or cyclic N) is 1. The molecule has 7 heterocycles. The number of aromatic nitrogens is 4. The first kappa shape index (κ1) is 56.9. The first-order chi connectivity index (χ1) is 39.0. The molecule has 4 aliphatic heterocycles. The number of carbonyl (C=O) groups is 4. The lowest BCUT2D eigenvalue weighted by Crippen LogP contribution is -2.57. The quantitative estimate of drug-likeness (QED) is 0.0315. The number of halogens is 1. The summed E-state index contributed by atoms with van der Waals surface area (Å²) in [7, 11) is 0. The summed E-state index contributed by atoms with van der Waals surface area (Å²) < 4.78 is 29.2. The number of likely N-dealkylation sites (tertiary alicyclic amines) is 2. The summed E-state index contributed by atoms with van der Waals surface area (Å²) in [5, 5.41) is 24.9. The van der Waals surface area contributed by atoms with E-state index in [9.17, 15) is 24.3 Å². The van der Waals surface area contributed by atoms with Gasteiger partial charge in [-0.2, -0.15) is 9.97 Å². The molecule has 19 nitrogen and oxygen atoms in total. The van der Waals surface area contributed by atoms with Gasteiger partial charge in [-0.25, -0.2) is 9.37 Å². The van der Waals surface area contributed by atoms with Gasteiger partial charge in [-0.1, -0.05) is 63.1 Å². The Morgan fingerprint density at radius 3 is 2.52 bits per heavy atom. The van der Waals surface area contributed by atoms with Crippen LogP contribution in [0.1, 0.15) is 82.5 Å². The third-order valence-electron chi connectivity index (χ3n) is 15.9. The van der Waals surface area contributed by atoms with Crippen LogP contribution in [-0.2, 0) is 30.5 Å². The lowest BCUT2D eigenvalue weighted by Gasteiger charge is -2.35. The molecule has 7 N–H and O–H groups in total. The lowest BCUT2D eigenvalue weighted by molar-refractivity contribution is -0.144. The van der Waals surface area contributed by atoms with Gasteiger partial charge in [0.05, 0.1) is 40.8 Å². The molecule has 21 heteroatoms. The number of aliphatic hydroxyl groups excluding tert-OH is 1. The van der Waals surface area contributed by atoms with Crippen LogP contribution in [0, 0.1) is 30.5 Å². The number of benzene rings is 3. The molecule has 4 saturated heterocycles. The lowest BCUT2D eigenvalue weighted by atomic mass is 9.85. The van der Waals surface area contributed by atoms with Crippen molar-refractivity contribution in [1.82, 2.24) is 51.0 Å². The zero-order valence-electron chi connectivity index (χ0n) is 46.3. The van der Waals surface area contributed by atoms with E-state index < -0.39 is 41.2 Å². The summed E-state index contributed by atoms with van der Waals surface area (Å²) in [4.78, 5) is 79.4. The Kier molecular flexibility index (Phi) is 17.4. The fourth-order valence-corrected chi connectivity index (χ4v) is 12.5. The highest BCUT2D eigenvalue weighted by molar-refractivity contribution is 7.13. The van der Waals surface area contributed by atoms with Crippen molar-refractivity contribution in [3.63, 3.8) is 0 Å². The number of fused-ring (bicyclic) bond motifs is 4. The first-order valence-corrected chi connectivity index (χ1v) is 28.8. The molecule has 6 aromatic rings. The second-order valence-electron chi connectivity index (χ2n) is 22.7. The van der Waals surface area contributed by atoms with E-state index in [2.05, 4.69) is 47.0 Å². The monoisotopic (exact) mass is 1120 g/mol. The summed E-state index contributed by atoms with van der Waals surface area (Å²) in [6, 6.07) is 15.6. The van der Waals surface area contributed by atoms with Crippen LogP contribution in [-0.4, -0.2) is 154 Å². The fraction of sp³-hybridized carbons (Fsp3) is 0.467. The molecule has 0 spiro atoms. The van der Waals surface area contributed by atoms with E-state index in [1.165, 1.54) is 4.90 Å². The van der Waals surface area contributed by atoms with Gasteiger partial charge in [0.25, 0.3) is 0 Å². The van der Waals surface area contributed by atoms with Gasteiger partial charge < -0.3 is 51.4 Å². The van der Waals surface area contributed by atoms with E-state index >= 15 is 4.39 Å². The number of terminal acetylenes is 1. The third kappa shape index (κ3) is 13.1. The standard InChI is InChI=1S/C60H71FN12O7S/c1-6-37-9-7-10-39-25-40(62)26-45(50(37)39)52-51(61)53-46(29-64-52)56(72-30-41-16-17-42(31-72)67-41)70-59(69-53)80-33-43-11-8-21-71(43)22-18-48(75)63-20-24-79-23-19-49(76)68-55(60(3,4)5)58(78)73-32-44(74)27-47(73)57(77)65-28-36-12-14-38(15-13-36)54-35(2)66-34-81-54/h1,7,9-10,12-15,25-26,29,34,41-44,47,55,67,74H,8,11,16-24,27-28,30-33,62H2,2-5H3,(H,63,75)(H,65,77)(H,68,76)/t41?,42?,43-,44-,47+,55-/m0/s1. The van der Waals surface area contributed by atoms with Gasteiger partial charge in [0, 0.05) is 105 Å². The van der Waals surface area contributed by atoms with Crippen molar-refractivity contribution in [2.24, 2.45) is 5.41 Å². The molecule has 4 amide bonds. The number of ether oxygens (including phenoxy) is 2. The molecule has 81 heavy (non-hydrogen) atoms. The second-order valence-corrected chi connectivity index (χ2v) is 23.6. The van der Waals surface area contributed by atoms with Crippen molar-refractivity contribution in [3.05, 3.63) is 88.9 Å². The van der Waals surface area contributed by atoms with E-state index in [-0.39, 0.29) is 106 Å². The first-order valence-electron chi connectivity index (χ1n) is 27.9. The number of thiazole rings is 1. The van der Waals surface area contributed by atoms with Gasteiger partial charge in [0.1, 0.15) is 35.7 Å². The van der Waals surface area contributed by atoms with Crippen molar-refractivity contribution in [1.29, 1.82) is 0 Å². The Morgan fingerprint density at radius 1 is 0.988 bits per heavy atom. The van der Waals surface area contributed by atoms with Gasteiger partial charge >= 0.3 is 6.01 Å². The smallest absolute Gasteiger partial charge is 0.319 e. The molecular formula is C60H71FN12O7S. The molecule has 3 aromatic heterocycles. The summed E-state index contributed by atoms with van der Waals surface area (Å²) in [5.41, 5.74) is 12.0. The van der Waals surface area contributed by atoms with Crippen molar-refractivity contribution in [2.75, 3.05) is 69.7 Å². The minimum Gasteiger partial charge on any atom is -0.462 e. The van der Waals surface area contributed by atoms with Gasteiger partial charge in [0.15, 0.2) is 5.82 Å². The number of anilines is 2. The molecule has 2 bridgehead atoms. The molecule has 6 atom stereocenters. The highest BCUT2D eigenvalue weighted by Crippen LogP contribution is 2.39. The maximum absolute atomic E-state index is 17.1. The van der Waals surface area contributed by atoms with Gasteiger partial charge in [-0.15, -0.1) is 17.8 Å². The summed E-state index contributed by atoms with van der Waals surface area (Å²) in [6.45, 7) is 11.0. The third-order valence-corrected chi connectivity index (χ3v) is 16.8. The Hall–Kier alpha value is -7.35. The number of amides is 4. The predicted molar refractivity (Wildman–Crippen MR) is 310 cm³/mol. The maximum Gasteiger partial charge on any atom is 0.319 e. The zero-order valence-corrected chi connectivity index (χ0v) is 47.1. The predicted octanol–water partition coefficient (Wildman–Crippen LogP) is 5.49. The molecule has 0 radical (unpaired) electrons. The minimum atomic E-state index is -0.977. The van der Waals surface area contributed by atoms with Crippen molar-refractivity contribution >= 4 is 68.1 Å². The van der Waals surface area contributed by atoms with Crippen molar-refractivity contribution in [3.8, 4) is 40.1 Å². The van der Waals surface area contributed by atoms with Crippen LogP contribution < -0.4 is 36.6 Å². The maximum atomic E-state index is 17.1. The molecule has 3 aromatic carbocycles. The second kappa shape index (κ2) is 24.8. The van der Waals surface area contributed by atoms with Crippen LogP contribution in [0.15, 0.2) is 66.3 Å². The van der Waals surface area contributed by atoms with E-state index in [0.717, 1.165) is 59.3 Å². The molecule has 0 saturated carbocycles. The van der Waals surface area contributed by atoms with E-state index in [1.54, 1.807) is 29.7 Å². The average Bonchev–Trinajstić information content (AvgIpc) is 4.40. The number of nitrogens with zero attached hydrogens (tertiary/aromatic N) is 7. The number of aliphatic hydroxyl groups is 1. The van der Waals surface area contributed by atoms with Crippen LogP contribution in [0.2, 0.25) is 0 Å². The number of hydrogen-bond acceptors (Lipinski definition) is 16. The number of rotatable bonds is 20. The van der Waals surface area contributed by atoms with Crippen LogP contribution in [0.25, 0.3) is 43.4 Å². The molecule has 10 rings (SSSR count). The number of pyridine rings is 1.